The van der Waals surface area contributed by atoms with Gasteiger partial charge >= 0.3 is 0 Å². The van der Waals surface area contributed by atoms with Crippen LogP contribution in [0.2, 0.25) is 0 Å². The highest BCUT2D eigenvalue weighted by molar-refractivity contribution is 7.10. The van der Waals surface area contributed by atoms with Crippen LogP contribution in [0.15, 0.2) is 41.9 Å². The maximum absolute atomic E-state index is 6.37. The van der Waals surface area contributed by atoms with E-state index in [0.29, 0.717) is 0 Å². The molecule has 0 atom stereocenters. The maximum atomic E-state index is 6.37. The van der Waals surface area contributed by atoms with Crippen LogP contribution in [0, 0.1) is 0 Å². The molecular weight excluding hydrogens is 266 g/mol. The molecule has 1 aliphatic heterocycles. The fraction of sp³-hybridized carbons (Fsp3) is 0.188. The maximum Gasteiger partial charge on any atom is 0.0724 e. The van der Waals surface area contributed by atoms with Gasteiger partial charge in [0.05, 0.1) is 16.9 Å². The molecule has 100 valence electrons. The highest BCUT2D eigenvalue weighted by Gasteiger charge is 2.19. The lowest BCUT2D eigenvalue weighted by Crippen LogP contribution is -2.30. The van der Waals surface area contributed by atoms with E-state index in [2.05, 4.69) is 33.5 Å². The van der Waals surface area contributed by atoms with Crippen LogP contribution in [0.25, 0.3) is 10.9 Å². The van der Waals surface area contributed by atoms with E-state index in [4.69, 9.17) is 5.73 Å². The first-order valence-electron chi connectivity index (χ1n) is 6.76. The molecular formula is C16H15N3S. The summed E-state index contributed by atoms with van der Waals surface area (Å²) in [6.07, 6.45) is 2.91. The van der Waals surface area contributed by atoms with Crippen molar-refractivity contribution >= 4 is 33.6 Å². The van der Waals surface area contributed by atoms with Crippen molar-refractivity contribution < 1.29 is 0 Å². The minimum atomic E-state index is 0.842. The Balaban J connectivity index is 1.78. The topological polar surface area (TPSA) is 42.1 Å². The fourth-order valence-corrected chi connectivity index (χ4v) is 3.78. The van der Waals surface area contributed by atoms with Gasteiger partial charge in [-0.25, -0.2) is 0 Å². The van der Waals surface area contributed by atoms with Crippen molar-refractivity contribution in [3.63, 3.8) is 0 Å². The lowest BCUT2D eigenvalue weighted by molar-refractivity contribution is 0.745. The van der Waals surface area contributed by atoms with Gasteiger partial charge in [0.2, 0.25) is 0 Å². The van der Waals surface area contributed by atoms with Crippen molar-refractivity contribution in [3.8, 4) is 0 Å². The number of pyridine rings is 1. The molecule has 0 bridgehead atoms. The summed E-state index contributed by atoms with van der Waals surface area (Å²) in [6, 6.07) is 10.4. The Labute approximate surface area is 121 Å². The summed E-state index contributed by atoms with van der Waals surface area (Å²) in [5.41, 5.74) is 10.7. The molecule has 2 N–H and O–H groups in total. The van der Waals surface area contributed by atoms with Gasteiger partial charge in [-0.05, 0) is 47.7 Å². The number of nitrogens with two attached hydrogens (primary N) is 1. The van der Waals surface area contributed by atoms with Crippen molar-refractivity contribution in [1.29, 1.82) is 0 Å². The van der Waals surface area contributed by atoms with Gasteiger partial charge in [-0.2, -0.15) is 0 Å². The van der Waals surface area contributed by atoms with Crippen molar-refractivity contribution in [2.45, 2.75) is 13.0 Å². The molecule has 1 aliphatic rings. The average molecular weight is 281 g/mol. The van der Waals surface area contributed by atoms with Gasteiger partial charge in [-0.3, -0.25) is 4.98 Å². The van der Waals surface area contributed by atoms with E-state index >= 15 is 0 Å². The Kier molecular flexibility index (Phi) is 2.63. The molecule has 0 spiro atoms. The number of hydrogen-bond acceptors (Lipinski definition) is 4. The van der Waals surface area contributed by atoms with Gasteiger partial charge < -0.3 is 10.6 Å². The summed E-state index contributed by atoms with van der Waals surface area (Å²) >= 11 is 1.86. The summed E-state index contributed by atoms with van der Waals surface area (Å²) in [7, 11) is 0. The van der Waals surface area contributed by atoms with E-state index in [1.807, 2.05) is 23.5 Å². The third kappa shape index (κ3) is 1.76. The van der Waals surface area contributed by atoms with Gasteiger partial charge in [0.15, 0.2) is 0 Å². The number of nitrogens with zero attached hydrogens (tertiary/aromatic N) is 2. The average Bonchev–Trinajstić information content (AvgIpc) is 2.95. The second kappa shape index (κ2) is 4.49. The third-order valence-corrected chi connectivity index (χ3v) is 4.98. The predicted molar refractivity (Wildman–Crippen MR) is 85.2 cm³/mol. The molecule has 0 aliphatic carbocycles. The molecule has 0 unspecified atom stereocenters. The molecule has 3 heterocycles. The Morgan fingerprint density at radius 3 is 3.10 bits per heavy atom. The van der Waals surface area contributed by atoms with E-state index in [0.717, 1.165) is 41.8 Å². The Morgan fingerprint density at radius 2 is 2.15 bits per heavy atom. The summed E-state index contributed by atoms with van der Waals surface area (Å²) in [5.74, 6) is 0. The lowest BCUT2D eigenvalue weighted by atomic mass is 10.1. The number of fused-ring (bicyclic) bond motifs is 2. The normalized spacial score (nSPS) is 14.5. The monoisotopic (exact) mass is 281 g/mol. The molecule has 0 radical (unpaired) electrons. The Hall–Kier alpha value is -2.07. The molecule has 4 heteroatoms. The molecule has 20 heavy (non-hydrogen) atoms. The zero-order valence-electron chi connectivity index (χ0n) is 11.0. The number of thiophene rings is 1. The van der Waals surface area contributed by atoms with Gasteiger partial charge in [-0.1, -0.05) is 0 Å². The molecule has 1 aromatic carbocycles. The molecule has 0 saturated carbocycles. The molecule has 4 rings (SSSR count). The molecule has 0 fully saturated rings. The highest BCUT2D eigenvalue weighted by atomic mass is 32.1. The second-order valence-corrected chi connectivity index (χ2v) is 6.11. The van der Waals surface area contributed by atoms with Gasteiger partial charge in [-0.15, -0.1) is 11.3 Å². The minimum Gasteiger partial charge on any atom is -0.396 e. The Bertz CT molecular complexity index is 778. The lowest BCUT2D eigenvalue weighted by Gasteiger charge is -2.30. The van der Waals surface area contributed by atoms with Crippen LogP contribution >= 0.6 is 11.3 Å². The standard InChI is InChI=1S/C16H15N3S/c17-16-12-2-1-7-18-13(12)3-4-14(16)19-8-5-15-11(10-19)6-9-20-15/h1-4,6-7,9H,5,8,10,17H2. The van der Waals surface area contributed by atoms with E-state index in [1.54, 1.807) is 6.20 Å². The predicted octanol–water partition coefficient (Wildman–Crippen LogP) is 3.44. The molecule has 0 amide bonds. The van der Waals surface area contributed by atoms with Crippen molar-refractivity contribution in [2.24, 2.45) is 0 Å². The number of anilines is 2. The first kappa shape index (κ1) is 11.7. The SMILES string of the molecule is Nc1c(N2CCc3sccc3C2)ccc2ncccc12. The van der Waals surface area contributed by atoms with Crippen molar-refractivity contribution in [3.05, 3.63) is 52.3 Å². The minimum absolute atomic E-state index is 0.842. The van der Waals surface area contributed by atoms with Crippen LogP contribution in [0.4, 0.5) is 11.4 Å². The quantitative estimate of drug-likeness (QED) is 0.695. The number of aromatic nitrogens is 1. The number of rotatable bonds is 1. The zero-order chi connectivity index (χ0) is 13.5. The number of nitrogen functional groups attached to an aromatic ring is 1. The van der Waals surface area contributed by atoms with Gasteiger partial charge in [0.1, 0.15) is 0 Å². The largest absolute Gasteiger partial charge is 0.396 e. The first-order valence-corrected chi connectivity index (χ1v) is 7.64. The fourth-order valence-electron chi connectivity index (χ4n) is 2.89. The van der Waals surface area contributed by atoms with E-state index in [1.165, 1.54) is 10.4 Å². The summed E-state index contributed by atoms with van der Waals surface area (Å²) in [4.78, 5) is 8.25. The van der Waals surface area contributed by atoms with Crippen LogP contribution in [0.5, 0.6) is 0 Å². The van der Waals surface area contributed by atoms with Crippen molar-refractivity contribution in [2.75, 3.05) is 17.2 Å². The van der Waals surface area contributed by atoms with Gasteiger partial charge in [0, 0.05) is 29.5 Å². The number of hydrogen-bond donors (Lipinski definition) is 1. The summed E-state index contributed by atoms with van der Waals surface area (Å²) in [5, 5.41) is 3.23. The highest BCUT2D eigenvalue weighted by Crippen LogP contribution is 2.34. The summed E-state index contributed by atoms with van der Waals surface area (Å²) < 4.78 is 0. The van der Waals surface area contributed by atoms with Crippen LogP contribution in [0.1, 0.15) is 10.4 Å². The number of benzene rings is 1. The second-order valence-electron chi connectivity index (χ2n) is 5.11. The molecule has 0 saturated heterocycles. The van der Waals surface area contributed by atoms with Crippen molar-refractivity contribution in [1.82, 2.24) is 4.98 Å². The molecule has 3 aromatic rings. The van der Waals surface area contributed by atoms with Crippen LogP contribution in [-0.2, 0) is 13.0 Å². The summed E-state index contributed by atoms with van der Waals surface area (Å²) in [6.45, 7) is 1.98. The van der Waals surface area contributed by atoms with Gasteiger partial charge in [0.25, 0.3) is 0 Å². The Morgan fingerprint density at radius 1 is 1.20 bits per heavy atom. The van der Waals surface area contributed by atoms with Crippen LogP contribution < -0.4 is 10.6 Å². The van der Waals surface area contributed by atoms with Crippen LogP contribution in [-0.4, -0.2) is 11.5 Å². The smallest absolute Gasteiger partial charge is 0.0724 e. The molecule has 3 nitrogen and oxygen atoms in total. The van der Waals surface area contributed by atoms with E-state index in [9.17, 15) is 0 Å². The molecule has 2 aromatic heterocycles. The van der Waals surface area contributed by atoms with E-state index in [-0.39, 0.29) is 0 Å². The third-order valence-electron chi connectivity index (χ3n) is 3.95. The first-order chi connectivity index (χ1) is 9.83. The zero-order valence-corrected chi connectivity index (χ0v) is 11.9. The van der Waals surface area contributed by atoms with E-state index < -0.39 is 0 Å². The van der Waals surface area contributed by atoms with Crippen LogP contribution in [0.3, 0.4) is 0 Å².